The van der Waals surface area contributed by atoms with Gasteiger partial charge in [-0.25, -0.2) is 4.79 Å². The third-order valence-corrected chi connectivity index (χ3v) is 7.84. The number of nitrogens with two attached hydrogens (primary N) is 1. The molecule has 3 N–H and O–H groups in total. The molecule has 2 aliphatic heterocycles. The average molecular weight is 465 g/mol. The van der Waals surface area contributed by atoms with Crippen LogP contribution in [0, 0.1) is 0 Å². The van der Waals surface area contributed by atoms with E-state index in [-0.39, 0.29) is 0 Å². The van der Waals surface area contributed by atoms with Gasteiger partial charge in [-0.1, -0.05) is 30.3 Å². The van der Waals surface area contributed by atoms with Crippen LogP contribution in [0.4, 0.5) is 15.5 Å². The molecule has 5 rings (SSSR count). The van der Waals surface area contributed by atoms with Crippen LogP contribution in [0.2, 0.25) is 0 Å². The number of amides is 2. The maximum absolute atomic E-state index is 11.4. The SMILES string of the molecule is NC(=O)Nc1sc2ccccc2c1CCCCN1CCN(c2cccc3c2OCCC3)CC1. The highest BCUT2D eigenvalue weighted by atomic mass is 32.1. The monoisotopic (exact) mass is 464 g/mol. The minimum absolute atomic E-state index is 0.495. The molecule has 0 radical (unpaired) electrons. The van der Waals surface area contributed by atoms with E-state index >= 15 is 0 Å². The maximum Gasteiger partial charge on any atom is 0.317 e. The molecule has 2 amide bonds. The molecule has 1 fully saturated rings. The highest BCUT2D eigenvalue weighted by molar-refractivity contribution is 7.23. The highest BCUT2D eigenvalue weighted by Gasteiger charge is 2.22. The Morgan fingerprint density at radius 1 is 1.06 bits per heavy atom. The number of primary amides is 1. The van der Waals surface area contributed by atoms with Crippen LogP contribution < -0.4 is 20.7 Å². The number of thiophene rings is 1. The molecule has 0 bridgehead atoms. The van der Waals surface area contributed by atoms with Gasteiger partial charge in [-0.15, -0.1) is 11.3 Å². The van der Waals surface area contributed by atoms with Crippen molar-refractivity contribution >= 4 is 38.1 Å². The van der Waals surface area contributed by atoms with Crippen LogP contribution in [-0.2, 0) is 12.8 Å². The lowest BCUT2D eigenvalue weighted by molar-refractivity contribution is 0.250. The summed E-state index contributed by atoms with van der Waals surface area (Å²) >= 11 is 1.61. The Morgan fingerprint density at radius 2 is 1.91 bits per heavy atom. The first-order valence-electron chi connectivity index (χ1n) is 12.0. The van der Waals surface area contributed by atoms with Crippen molar-refractivity contribution in [3.63, 3.8) is 0 Å². The number of piperazine rings is 1. The zero-order valence-corrected chi connectivity index (χ0v) is 19.8. The van der Waals surface area contributed by atoms with Crippen LogP contribution in [-0.4, -0.2) is 50.3 Å². The zero-order valence-electron chi connectivity index (χ0n) is 19.0. The third-order valence-electron chi connectivity index (χ3n) is 6.71. The number of benzene rings is 2. The van der Waals surface area contributed by atoms with E-state index in [1.807, 2.05) is 6.07 Å². The Morgan fingerprint density at radius 3 is 2.76 bits per heavy atom. The largest absolute Gasteiger partial charge is 0.491 e. The molecule has 1 aromatic heterocycles. The topological polar surface area (TPSA) is 70.8 Å². The van der Waals surface area contributed by atoms with E-state index in [2.05, 4.69) is 51.5 Å². The fourth-order valence-electron chi connectivity index (χ4n) is 5.03. The van der Waals surface area contributed by atoms with E-state index in [4.69, 9.17) is 10.5 Å². The van der Waals surface area contributed by atoms with E-state index < -0.39 is 6.03 Å². The fourth-order valence-corrected chi connectivity index (χ4v) is 6.18. The van der Waals surface area contributed by atoms with Crippen LogP contribution in [0.15, 0.2) is 42.5 Å². The molecule has 174 valence electrons. The van der Waals surface area contributed by atoms with Gasteiger partial charge in [0.1, 0.15) is 10.8 Å². The van der Waals surface area contributed by atoms with Crippen molar-refractivity contribution in [3.05, 3.63) is 53.6 Å². The van der Waals surface area contributed by atoms with Gasteiger partial charge in [-0.2, -0.15) is 0 Å². The summed E-state index contributed by atoms with van der Waals surface area (Å²) < 4.78 is 7.22. The van der Waals surface area contributed by atoms with Crippen molar-refractivity contribution in [2.45, 2.75) is 32.1 Å². The van der Waals surface area contributed by atoms with Gasteiger partial charge in [-0.3, -0.25) is 10.2 Å². The first kappa shape index (κ1) is 22.0. The average Bonchev–Trinajstić information content (AvgIpc) is 3.18. The maximum atomic E-state index is 11.4. The summed E-state index contributed by atoms with van der Waals surface area (Å²) in [5.41, 5.74) is 9.24. The Balaban J connectivity index is 1.13. The number of hydrogen-bond acceptors (Lipinski definition) is 5. The molecule has 3 aromatic rings. The number of ether oxygens (including phenoxy) is 1. The summed E-state index contributed by atoms with van der Waals surface area (Å²) in [7, 11) is 0. The molecule has 0 spiro atoms. The zero-order chi connectivity index (χ0) is 22.6. The minimum Gasteiger partial charge on any atom is -0.491 e. The van der Waals surface area contributed by atoms with Crippen molar-refractivity contribution in [3.8, 4) is 5.75 Å². The smallest absolute Gasteiger partial charge is 0.317 e. The number of nitrogens with one attached hydrogen (secondary N) is 1. The molecular formula is C26H32N4O2S. The number of urea groups is 1. The van der Waals surface area contributed by atoms with Crippen molar-refractivity contribution in [1.82, 2.24) is 4.90 Å². The number of hydrogen-bond donors (Lipinski definition) is 2. The summed E-state index contributed by atoms with van der Waals surface area (Å²) in [6.45, 7) is 6.19. The van der Waals surface area contributed by atoms with Gasteiger partial charge >= 0.3 is 6.03 Å². The molecule has 2 aliphatic rings. The van der Waals surface area contributed by atoms with Gasteiger partial charge in [0.25, 0.3) is 0 Å². The summed E-state index contributed by atoms with van der Waals surface area (Å²) in [5.74, 6) is 1.11. The van der Waals surface area contributed by atoms with Gasteiger partial charge in [-0.05, 0) is 67.3 Å². The molecule has 0 atom stereocenters. The molecule has 33 heavy (non-hydrogen) atoms. The second-order valence-electron chi connectivity index (χ2n) is 8.90. The molecule has 7 heteroatoms. The number of unbranched alkanes of at least 4 members (excludes halogenated alkanes) is 1. The standard InChI is InChI=1S/C26H32N4O2S/c27-26(31)28-25-21(20-9-1-2-12-23(20)33-25)10-3-4-13-29-14-16-30(17-15-29)22-11-5-7-19-8-6-18-32-24(19)22/h1-2,5,7,9,11-12H,3-4,6,8,10,13-18H2,(H3,27,28,31). The quantitative estimate of drug-likeness (QED) is 0.490. The molecule has 3 heterocycles. The van der Waals surface area contributed by atoms with Crippen LogP contribution in [0.5, 0.6) is 5.75 Å². The Kier molecular flexibility index (Phi) is 6.69. The van der Waals surface area contributed by atoms with Crippen LogP contribution in [0.3, 0.4) is 0 Å². The first-order chi connectivity index (χ1) is 16.2. The molecule has 2 aromatic carbocycles. The van der Waals surface area contributed by atoms with Gasteiger partial charge in [0.15, 0.2) is 0 Å². The summed E-state index contributed by atoms with van der Waals surface area (Å²) in [6, 6.07) is 14.4. The number of carbonyl (C=O) groups is 1. The predicted molar refractivity (Wildman–Crippen MR) is 137 cm³/mol. The van der Waals surface area contributed by atoms with Crippen molar-refractivity contribution < 1.29 is 9.53 Å². The number of para-hydroxylation sites is 1. The first-order valence-corrected chi connectivity index (χ1v) is 12.8. The number of anilines is 2. The minimum atomic E-state index is -0.495. The van der Waals surface area contributed by atoms with Crippen LogP contribution >= 0.6 is 11.3 Å². The number of aryl methyl sites for hydroxylation is 2. The van der Waals surface area contributed by atoms with Crippen LogP contribution in [0.25, 0.3) is 10.1 Å². The summed E-state index contributed by atoms with van der Waals surface area (Å²) in [6.07, 6.45) is 5.43. The van der Waals surface area contributed by atoms with Gasteiger partial charge in [0.05, 0.1) is 12.3 Å². The summed E-state index contributed by atoms with van der Waals surface area (Å²) in [5, 5.41) is 4.95. The summed E-state index contributed by atoms with van der Waals surface area (Å²) in [4.78, 5) is 16.5. The highest BCUT2D eigenvalue weighted by Crippen LogP contribution is 2.37. The molecule has 6 nitrogen and oxygen atoms in total. The number of carbonyl (C=O) groups excluding carboxylic acids is 1. The molecule has 0 unspecified atom stereocenters. The van der Waals surface area contributed by atoms with Gasteiger partial charge < -0.3 is 15.4 Å². The van der Waals surface area contributed by atoms with E-state index in [1.165, 1.54) is 26.9 Å². The Hall–Kier alpha value is -2.77. The van der Waals surface area contributed by atoms with E-state index in [0.717, 1.165) is 82.2 Å². The lowest BCUT2D eigenvalue weighted by atomic mass is 10.0. The van der Waals surface area contributed by atoms with Crippen molar-refractivity contribution in [2.75, 3.05) is 49.5 Å². The fraction of sp³-hybridized carbons (Fsp3) is 0.423. The second kappa shape index (κ2) is 10.0. The van der Waals surface area contributed by atoms with E-state index in [1.54, 1.807) is 11.3 Å². The van der Waals surface area contributed by atoms with Crippen molar-refractivity contribution in [1.29, 1.82) is 0 Å². The Bertz CT molecular complexity index is 1120. The van der Waals surface area contributed by atoms with Gasteiger partial charge in [0, 0.05) is 30.9 Å². The number of nitrogens with zero attached hydrogens (tertiary/aromatic N) is 2. The molecule has 0 saturated carbocycles. The van der Waals surface area contributed by atoms with Crippen LogP contribution in [0.1, 0.15) is 30.4 Å². The third kappa shape index (κ3) is 4.94. The second-order valence-corrected chi connectivity index (χ2v) is 9.95. The van der Waals surface area contributed by atoms with Gasteiger partial charge in [0.2, 0.25) is 0 Å². The molecule has 0 aliphatic carbocycles. The number of rotatable bonds is 7. The van der Waals surface area contributed by atoms with E-state index in [0.29, 0.717) is 0 Å². The lowest BCUT2D eigenvalue weighted by Gasteiger charge is -2.37. The predicted octanol–water partition coefficient (Wildman–Crippen LogP) is 4.86. The normalized spacial score (nSPS) is 16.4. The molecular weight excluding hydrogens is 432 g/mol. The number of fused-ring (bicyclic) bond motifs is 2. The molecule has 1 saturated heterocycles. The van der Waals surface area contributed by atoms with Crippen molar-refractivity contribution in [2.24, 2.45) is 5.73 Å². The Labute approximate surface area is 199 Å². The lowest BCUT2D eigenvalue weighted by Crippen LogP contribution is -2.46. The van der Waals surface area contributed by atoms with E-state index in [9.17, 15) is 4.79 Å².